The van der Waals surface area contributed by atoms with E-state index in [2.05, 4.69) is 24.8 Å². The Kier molecular flexibility index (Phi) is 4.83. The second kappa shape index (κ2) is 6.80. The fraction of sp³-hybridized carbons (Fsp3) is 0.222. The number of hydrogen-bond acceptors (Lipinski definition) is 2. The van der Waals surface area contributed by atoms with E-state index < -0.39 is 0 Å². The van der Waals surface area contributed by atoms with Gasteiger partial charge >= 0.3 is 0 Å². The van der Waals surface area contributed by atoms with Crippen molar-refractivity contribution in [2.45, 2.75) is 12.8 Å². The average molecular weight is 268 g/mol. The highest BCUT2D eigenvalue weighted by Crippen LogP contribution is 2.34. The third-order valence-corrected chi connectivity index (χ3v) is 3.23. The molecule has 2 heteroatoms. The molecule has 0 heterocycles. The molecule has 0 N–H and O–H groups in total. The zero-order valence-electron chi connectivity index (χ0n) is 12.1. The molecule has 0 aliphatic heterocycles. The van der Waals surface area contributed by atoms with E-state index >= 15 is 0 Å². The molecule has 104 valence electrons. The molecule has 0 spiro atoms. The SMILES string of the molecule is C=CCc1cc(Cc2ccccc2)c(OC)c(OC)c1. The summed E-state index contributed by atoms with van der Waals surface area (Å²) in [4.78, 5) is 0. The molecule has 2 aromatic carbocycles. The molecule has 0 saturated heterocycles. The average Bonchev–Trinajstić information content (AvgIpc) is 2.48. The van der Waals surface area contributed by atoms with Crippen LogP contribution in [0.25, 0.3) is 0 Å². The molecule has 0 atom stereocenters. The topological polar surface area (TPSA) is 18.5 Å². The van der Waals surface area contributed by atoms with Crippen molar-refractivity contribution in [1.82, 2.24) is 0 Å². The van der Waals surface area contributed by atoms with Crippen molar-refractivity contribution in [1.29, 1.82) is 0 Å². The molecule has 2 nitrogen and oxygen atoms in total. The molecule has 0 aromatic heterocycles. The number of benzene rings is 2. The molecular weight excluding hydrogens is 248 g/mol. The van der Waals surface area contributed by atoms with Crippen molar-refractivity contribution in [2.24, 2.45) is 0 Å². The Labute approximate surface area is 120 Å². The van der Waals surface area contributed by atoms with E-state index in [9.17, 15) is 0 Å². The molecule has 0 saturated carbocycles. The van der Waals surface area contributed by atoms with Crippen LogP contribution in [0.5, 0.6) is 11.5 Å². The van der Waals surface area contributed by atoms with Crippen LogP contribution in [-0.2, 0) is 12.8 Å². The van der Waals surface area contributed by atoms with Crippen LogP contribution in [0.15, 0.2) is 55.1 Å². The molecule has 0 aliphatic rings. The van der Waals surface area contributed by atoms with Gasteiger partial charge in [0.05, 0.1) is 14.2 Å². The fourth-order valence-corrected chi connectivity index (χ4v) is 2.34. The molecule has 2 rings (SSSR count). The minimum absolute atomic E-state index is 0.776. The maximum Gasteiger partial charge on any atom is 0.164 e. The van der Waals surface area contributed by atoms with E-state index in [1.807, 2.05) is 30.3 Å². The third kappa shape index (κ3) is 3.21. The first-order chi connectivity index (χ1) is 9.78. The van der Waals surface area contributed by atoms with E-state index in [1.54, 1.807) is 14.2 Å². The van der Waals surface area contributed by atoms with Gasteiger partial charge in [0.15, 0.2) is 11.5 Å². The Hall–Kier alpha value is -2.22. The summed E-state index contributed by atoms with van der Waals surface area (Å²) in [6.45, 7) is 3.80. The van der Waals surface area contributed by atoms with E-state index in [1.165, 1.54) is 11.1 Å². The summed E-state index contributed by atoms with van der Waals surface area (Å²) in [5, 5.41) is 0. The number of ether oxygens (including phenoxy) is 2. The van der Waals surface area contributed by atoms with Gasteiger partial charge in [-0.1, -0.05) is 42.5 Å². The van der Waals surface area contributed by atoms with Gasteiger partial charge in [0.1, 0.15) is 0 Å². The second-order valence-corrected chi connectivity index (χ2v) is 4.65. The lowest BCUT2D eigenvalue weighted by atomic mass is 10.00. The predicted molar refractivity (Wildman–Crippen MR) is 82.7 cm³/mol. The highest BCUT2D eigenvalue weighted by atomic mass is 16.5. The van der Waals surface area contributed by atoms with Gasteiger partial charge in [-0.3, -0.25) is 0 Å². The monoisotopic (exact) mass is 268 g/mol. The molecule has 0 radical (unpaired) electrons. The van der Waals surface area contributed by atoms with Crippen LogP contribution >= 0.6 is 0 Å². The minimum Gasteiger partial charge on any atom is -0.493 e. The summed E-state index contributed by atoms with van der Waals surface area (Å²) in [7, 11) is 3.35. The predicted octanol–water partition coefficient (Wildman–Crippen LogP) is 4.02. The van der Waals surface area contributed by atoms with Gasteiger partial charge < -0.3 is 9.47 Å². The van der Waals surface area contributed by atoms with Gasteiger partial charge in [-0.2, -0.15) is 0 Å². The first kappa shape index (κ1) is 14.2. The molecule has 2 aromatic rings. The Morgan fingerprint density at radius 3 is 2.35 bits per heavy atom. The van der Waals surface area contributed by atoms with Crippen molar-refractivity contribution >= 4 is 0 Å². The molecule has 0 unspecified atom stereocenters. The van der Waals surface area contributed by atoms with Crippen LogP contribution in [0.3, 0.4) is 0 Å². The lowest BCUT2D eigenvalue weighted by Gasteiger charge is -2.15. The van der Waals surface area contributed by atoms with Crippen molar-refractivity contribution in [3.05, 3.63) is 71.8 Å². The maximum absolute atomic E-state index is 5.52. The van der Waals surface area contributed by atoms with Gasteiger partial charge in [-0.15, -0.1) is 6.58 Å². The summed E-state index contributed by atoms with van der Waals surface area (Å²) in [5.41, 5.74) is 3.57. The molecular formula is C18H20O2. The number of hydrogen-bond donors (Lipinski definition) is 0. The zero-order chi connectivity index (χ0) is 14.4. The summed E-state index contributed by atoms with van der Waals surface area (Å²) < 4.78 is 11.0. The first-order valence-electron chi connectivity index (χ1n) is 6.67. The van der Waals surface area contributed by atoms with Crippen LogP contribution in [-0.4, -0.2) is 14.2 Å². The Bertz CT molecular complexity index is 573. The van der Waals surface area contributed by atoms with Gasteiger partial charge in [0.2, 0.25) is 0 Å². The maximum atomic E-state index is 5.52. The van der Waals surface area contributed by atoms with Gasteiger partial charge in [-0.25, -0.2) is 0 Å². The quantitative estimate of drug-likeness (QED) is 0.737. The van der Waals surface area contributed by atoms with Crippen molar-refractivity contribution < 1.29 is 9.47 Å². The van der Waals surface area contributed by atoms with E-state index in [-0.39, 0.29) is 0 Å². The molecule has 0 amide bonds. The number of allylic oxidation sites excluding steroid dienone is 1. The second-order valence-electron chi connectivity index (χ2n) is 4.65. The lowest BCUT2D eigenvalue weighted by Crippen LogP contribution is -1.99. The zero-order valence-corrected chi connectivity index (χ0v) is 12.1. The van der Waals surface area contributed by atoms with Gasteiger partial charge in [0, 0.05) is 12.0 Å². The molecule has 20 heavy (non-hydrogen) atoms. The third-order valence-electron chi connectivity index (χ3n) is 3.23. The minimum atomic E-state index is 0.776. The fourth-order valence-electron chi connectivity index (χ4n) is 2.34. The van der Waals surface area contributed by atoms with Crippen molar-refractivity contribution in [3.8, 4) is 11.5 Å². The summed E-state index contributed by atoms with van der Waals surface area (Å²) in [6, 6.07) is 14.5. The van der Waals surface area contributed by atoms with Crippen LogP contribution in [0.2, 0.25) is 0 Å². The van der Waals surface area contributed by atoms with E-state index in [0.717, 1.165) is 29.9 Å². The largest absolute Gasteiger partial charge is 0.493 e. The number of rotatable bonds is 6. The van der Waals surface area contributed by atoms with Gasteiger partial charge in [0.25, 0.3) is 0 Å². The van der Waals surface area contributed by atoms with Crippen molar-refractivity contribution in [3.63, 3.8) is 0 Å². The smallest absolute Gasteiger partial charge is 0.164 e. The molecule has 0 aliphatic carbocycles. The number of methoxy groups -OCH3 is 2. The first-order valence-corrected chi connectivity index (χ1v) is 6.67. The van der Waals surface area contributed by atoms with E-state index in [0.29, 0.717) is 0 Å². The van der Waals surface area contributed by atoms with Crippen molar-refractivity contribution in [2.75, 3.05) is 14.2 Å². The molecule has 0 fully saturated rings. The Morgan fingerprint density at radius 1 is 1.00 bits per heavy atom. The van der Waals surface area contributed by atoms with Crippen LogP contribution in [0, 0.1) is 0 Å². The highest BCUT2D eigenvalue weighted by Gasteiger charge is 2.12. The Morgan fingerprint density at radius 2 is 1.75 bits per heavy atom. The summed E-state index contributed by atoms with van der Waals surface area (Å²) in [5.74, 6) is 1.59. The molecule has 0 bridgehead atoms. The van der Waals surface area contributed by atoms with Crippen LogP contribution < -0.4 is 9.47 Å². The summed E-state index contributed by atoms with van der Waals surface area (Å²) >= 11 is 0. The lowest BCUT2D eigenvalue weighted by molar-refractivity contribution is 0.352. The van der Waals surface area contributed by atoms with Gasteiger partial charge in [-0.05, 0) is 23.6 Å². The summed E-state index contributed by atoms with van der Waals surface area (Å²) in [6.07, 6.45) is 3.54. The highest BCUT2D eigenvalue weighted by molar-refractivity contribution is 5.51. The Balaban J connectivity index is 2.43. The normalized spacial score (nSPS) is 10.1. The standard InChI is InChI=1S/C18H20O2/c1-4-8-15-12-16(11-14-9-6-5-7-10-14)18(20-3)17(13-15)19-2/h4-7,9-10,12-13H,1,8,11H2,2-3H3. The van der Waals surface area contributed by atoms with Crippen LogP contribution in [0.1, 0.15) is 16.7 Å². The van der Waals surface area contributed by atoms with Crippen LogP contribution in [0.4, 0.5) is 0 Å². The van der Waals surface area contributed by atoms with E-state index in [4.69, 9.17) is 9.47 Å².